The van der Waals surface area contributed by atoms with Gasteiger partial charge >= 0.3 is 6.18 Å². The highest BCUT2D eigenvalue weighted by atomic mass is 35.5. The molecule has 0 aliphatic carbocycles. The number of pyridine rings is 1. The fraction of sp³-hybridized carbons (Fsp3) is 0.250. The molecular weight excluding hydrogens is 345 g/mol. The van der Waals surface area contributed by atoms with Crippen molar-refractivity contribution < 1.29 is 22.7 Å². The van der Waals surface area contributed by atoms with Crippen molar-refractivity contribution in [3.8, 4) is 5.75 Å². The number of nitrogens with one attached hydrogen (secondary N) is 1. The molecule has 0 fully saturated rings. The van der Waals surface area contributed by atoms with Crippen LogP contribution < -0.4 is 10.1 Å². The number of carbonyl (C=O) groups excluding carboxylic acids is 1. The molecule has 0 unspecified atom stereocenters. The van der Waals surface area contributed by atoms with E-state index in [0.717, 1.165) is 12.3 Å². The Morgan fingerprint density at radius 1 is 1.25 bits per heavy atom. The minimum atomic E-state index is -4.59. The first-order valence-corrected chi connectivity index (χ1v) is 7.29. The Kier molecular flexibility index (Phi) is 3.71. The lowest BCUT2D eigenvalue weighted by Crippen LogP contribution is -2.32. The van der Waals surface area contributed by atoms with Crippen molar-refractivity contribution in [2.45, 2.75) is 18.5 Å². The second-order valence-electron chi connectivity index (χ2n) is 5.54. The van der Waals surface area contributed by atoms with Crippen LogP contribution in [0.1, 0.15) is 23.7 Å². The van der Waals surface area contributed by atoms with Crippen LogP contribution in [0.5, 0.6) is 5.75 Å². The molecule has 1 atom stereocenters. The zero-order valence-electron chi connectivity index (χ0n) is 12.7. The molecule has 3 rings (SSSR count). The molecule has 0 saturated carbocycles. The molecule has 1 aromatic carbocycles. The topological polar surface area (TPSA) is 51.2 Å². The number of halogens is 4. The van der Waals surface area contributed by atoms with Crippen LogP contribution >= 0.6 is 11.6 Å². The monoisotopic (exact) mass is 356 g/mol. The summed E-state index contributed by atoms with van der Waals surface area (Å²) >= 11 is 6.02. The van der Waals surface area contributed by atoms with Gasteiger partial charge in [0.15, 0.2) is 0 Å². The number of fused-ring (bicyclic) bond motifs is 1. The van der Waals surface area contributed by atoms with Gasteiger partial charge in [0.2, 0.25) is 5.91 Å². The second-order valence-corrected chi connectivity index (χ2v) is 5.97. The molecule has 0 radical (unpaired) electrons. The van der Waals surface area contributed by atoms with E-state index in [9.17, 15) is 18.0 Å². The third-order valence-corrected chi connectivity index (χ3v) is 4.37. The normalized spacial score (nSPS) is 19.8. The lowest BCUT2D eigenvalue weighted by Gasteiger charge is -2.25. The third kappa shape index (κ3) is 2.39. The predicted molar refractivity (Wildman–Crippen MR) is 82.3 cm³/mol. The number of nitrogens with zero attached hydrogens (tertiary/aromatic N) is 1. The number of aromatic nitrogens is 1. The largest absolute Gasteiger partial charge is 0.496 e. The molecule has 126 valence electrons. The number of hydrogen-bond donors (Lipinski definition) is 1. The number of hydrogen-bond acceptors (Lipinski definition) is 3. The summed E-state index contributed by atoms with van der Waals surface area (Å²) in [5.74, 6) is -0.0658. The van der Waals surface area contributed by atoms with Crippen molar-refractivity contribution in [1.29, 1.82) is 0 Å². The van der Waals surface area contributed by atoms with Gasteiger partial charge in [-0.2, -0.15) is 13.2 Å². The summed E-state index contributed by atoms with van der Waals surface area (Å²) in [7, 11) is 1.44. The lowest BCUT2D eigenvalue weighted by molar-refractivity contribution is -0.141. The maximum absolute atomic E-state index is 12.8. The predicted octanol–water partition coefficient (Wildman–Crippen LogP) is 4.02. The van der Waals surface area contributed by atoms with Gasteiger partial charge in [0, 0.05) is 28.0 Å². The van der Waals surface area contributed by atoms with Crippen LogP contribution in [0, 0.1) is 0 Å². The molecule has 1 N–H and O–H groups in total. The highest BCUT2D eigenvalue weighted by Gasteiger charge is 2.47. The van der Waals surface area contributed by atoms with Crippen LogP contribution in [0.2, 0.25) is 5.02 Å². The number of ether oxygens (including phenoxy) is 1. The highest BCUT2D eigenvalue weighted by molar-refractivity contribution is 6.30. The van der Waals surface area contributed by atoms with Gasteiger partial charge in [0.25, 0.3) is 0 Å². The number of rotatable bonds is 2. The Balaban J connectivity index is 2.21. The Hall–Kier alpha value is -2.28. The molecule has 1 aliphatic heterocycles. The van der Waals surface area contributed by atoms with Crippen molar-refractivity contribution in [2.24, 2.45) is 0 Å². The number of amides is 1. The van der Waals surface area contributed by atoms with Gasteiger partial charge in [0.1, 0.15) is 16.9 Å². The van der Waals surface area contributed by atoms with Gasteiger partial charge in [-0.3, -0.25) is 9.78 Å². The Morgan fingerprint density at radius 3 is 2.58 bits per heavy atom. The molecule has 24 heavy (non-hydrogen) atoms. The molecule has 0 spiro atoms. The van der Waals surface area contributed by atoms with Gasteiger partial charge in [-0.05, 0) is 31.2 Å². The molecule has 0 bridgehead atoms. The number of alkyl halides is 3. The quantitative estimate of drug-likeness (QED) is 0.884. The van der Waals surface area contributed by atoms with Crippen LogP contribution in [-0.2, 0) is 16.4 Å². The van der Waals surface area contributed by atoms with Crippen LogP contribution in [0.4, 0.5) is 18.9 Å². The SMILES string of the molecule is COc1ccc(Cl)cc1[C@]1(C)C(=O)Nc2cc(C(F)(F)F)ncc21. The highest BCUT2D eigenvalue weighted by Crippen LogP contribution is 2.47. The fourth-order valence-electron chi connectivity index (χ4n) is 2.82. The first-order chi connectivity index (χ1) is 11.2. The molecule has 8 heteroatoms. The van der Waals surface area contributed by atoms with Gasteiger partial charge in [-0.15, -0.1) is 0 Å². The van der Waals surface area contributed by atoms with E-state index < -0.39 is 23.2 Å². The van der Waals surface area contributed by atoms with Crippen LogP contribution in [0.25, 0.3) is 0 Å². The average molecular weight is 357 g/mol. The van der Waals surface area contributed by atoms with E-state index >= 15 is 0 Å². The standard InChI is InChI=1S/C16H12ClF3N2O2/c1-15(9-5-8(17)3-4-12(9)24-2)10-7-21-13(16(18,19)20)6-11(10)22-14(15)23/h3-7H,1-2H3,(H,22,23)/t15-/m0/s1. The van der Waals surface area contributed by atoms with E-state index in [2.05, 4.69) is 10.3 Å². The van der Waals surface area contributed by atoms with Gasteiger partial charge in [-0.1, -0.05) is 11.6 Å². The van der Waals surface area contributed by atoms with E-state index in [-0.39, 0.29) is 5.69 Å². The van der Waals surface area contributed by atoms with Crippen molar-refractivity contribution in [3.63, 3.8) is 0 Å². The summed E-state index contributed by atoms with van der Waals surface area (Å²) in [6.07, 6.45) is -3.52. The van der Waals surface area contributed by atoms with Crippen LogP contribution in [-0.4, -0.2) is 18.0 Å². The second kappa shape index (κ2) is 5.37. The Labute approximate surface area is 140 Å². The van der Waals surface area contributed by atoms with Gasteiger partial charge < -0.3 is 10.1 Å². The minimum Gasteiger partial charge on any atom is -0.496 e. The van der Waals surface area contributed by atoms with E-state index in [1.54, 1.807) is 25.1 Å². The fourth-order valence-corrected chi connectivity index (χ4v) is 2.99. The molecule has 4 nitrogen and oxygen atoms in total. The first-order valence-electron chi connectivity index (χ1n) is 6.91. The van der Waals surface area contributed by atoms with Crippen molar-refractivity contribution >= 4 is 23.2 Å². The summed E-state index contributed by atoms with van der Waals surface area (Å²) in [4.78, 5) is 16.0. The van der Waals surface area contributed by atoms with Crippen molar-refractivity contribution in [1.82, 2.24) is 4.98 Å². The Bertz CT molecular complexity index is 839. The zero-order chi connectivity index (χ0) is 17.7. The molecular formula is C16H12ClF3N2O2. The average Bonchev–Trinajstić information content (AvgIpc) is 2.78. The van der Waals surface area contributed by atoms with Crippen molar-refractivity contribution in [2.75, 3.05) is 12.4 Å². The maximum atomic E-state index is 12.8. The summed E-state index contributed by atoms with van der Waals surface area (Å²) in [6.45, 7) is 1.59. The number of methoxy groups -OCH3 is 1. The third-order valence-electron chi connectivity index (χ3n) is 4.14. The van der Waals surface area contributed by atoms with E-state index in [0.29, 0.717) is 21.9 Å². The minimum absolute atomic E-state index is 0.0758. The molecule has 0 saturated heterocycles. The van der Waals surface area contributed by atoms with Gasteiger partial charge in [-0.25, -0.2) is 0 Å². The van der Waals surface area contributed by atoms with E-state index in [1.807, 2.05) is 0 Å². The first kappa shape index (κ1) is 16.6. The molecule has 2 aromatic rings. The number of benzene rings is 1. The number of anilines is 1. The molecule has 1 aliphatic rings. The maximum Gasteiger partial charge on any atom is 0.433 e. The smallest absolute Gasteiger partial charge is 0.433 e. The van der Waals surface area contributed by atoms with E-state index in [4.69, 9.17) is 16.3 Å². The summed E-state index contributed by atoms with van der Waals surface area (Å²) < 4.78 is 43.8. The number of carbonyl (C=O) groups is 1. The van der Waals surface area contributed by atoms with E-state index in [1.165, 1.54) is 7.11 Å². The molecule has 1 aromatic heterocycles. The molecule has 1 amide bonds. The Morgan fingerprint density at radius 2 is 1.96 bits per heavy atom. The van der Waals surface area contributed by atoms with Crippen molar-refractivity contribution in [3.05, 3.63) is 52.3 Å². The zero-order valence-corrected chi connectivity index (χ0v) is 13.4. The van der Waals surface area contributed by atoms with Gasteiger partial charge in [0.05, 0.1) is 7.11 Å². The summed E-state index contributed by atoms with van der Waals surface area (Å²) in [5, 5.41) is 2.87. The summed E-state index contributed by atoms with van der Waals surface area (Å²) in [5.41, 5.74) is -1.46. The summed E-state index contributed by atoms with van der Waals surface area (Å²) in [6, 6.07) is 5.60. The molecule has 2 heterocycles. The lowest BCUT2D eigenvalue weighted by atomic mass is 9.77. The van der Waals surface area contributed by atoms with Crippen LogP contribution in [0.3, 0.4) is 0 Å². The van der Waals surface area contributed by atoms with Crippen LogP contribution in [0.15, 0.2) is 30.5 Å².